The molecule has 0 spiro atoms. The van der Waals surface area contributed by atoms with E-state index in [9.17, 15) is 23.3 Å². The van der Waals surface area contributed by atoms with Crippen LogP contribution in [0.15, 0.2) is 48.7 Å². The Bertz CT molecular complexity index is 1010. The van der Waals surface area contributed by atoms with Gasteiger partial charge in [0.05, 0.1) is 20.3 Å². The number of nitro groups is 1. The van der Waals surface area contributed by atoms with Crippen molar-refractivity contribution in [1.29, 1.82) is 0 Å². The first kappa shape index (κ1) is 20.3. The number of nitrogens with zero attached hydrogens (tertiary/aromatic N) is 3. The van der Waals surface area contributed by atoms with E-state index in [4.69, 9.17) is 9.47 Å². The van der Waals surface area contributed by atoms with Crippen molar-refractivity contribution in [3.8, 4) is 6.01 Å². The van der Waals surface area contributed by atoms with E-state index in [1.807, 2.05) is 0 Å². The van der Waals surface area contributed by atoms with Crippen LogP contribution in [0.3, 0.4) is 0 Å². The minimum atomic E-state index is -0.955. The lowest BCUT2D eigenvalue weighted by atomic mass is 10.1. The van der Waals surface area contributed by atoms with Crippen LogP contribution in [0.25, 0.3) is 0 Å². The average molecular weight is 407 g/mol. The van der Waals surface area contributed by atoms with Gasteiger partial charge in [-0.3, -0.25) is 4.57 Å². The van der Waals surface area contributed by atoms with Crippen molar-refractivity contribution in [2.45, 2.75) is 19.3 Å². The number of aromatic nitrogens is 2. The van der Waals surface area contributed by atoms with Gasteiger partial charge in [-0.15, -0.1) is 0 Å². The summed E-state index contributed by atoms with van der Waals surface area (Å²) in [6.07, 6.45) is 0.178. The summed E-state index contributed by atoms with van der Waals surface area (Å²) in [6.45, 7) is -0.0887. The van der Waals surface area contributed by atoms with Gasteiger partial charge in [0, 0.05) is 16.6 Å². The van der Waals surface area contributed by atoms with Crippen LogP contribution in [0, 0.1) is 27.6 Å². The predicted octanol–water partition coefficient (Wildman–Crippen LogP) is 4.18. The van der Waals surface area contributed by atoms with Crippen molar-refractivity contribution in [3.63, 3.8) is 0 Å². The van der Waals surface area contributed by atoms with Gasteiger partial charge in [-0.25, -0.2) is 13.2 Å². The molecule has 2 aromatic carbocycles. The number of benzene rings is 2. The number of halogens is 3. The molecule has 152 valence electrons. The number of hydrogen-bond acceptors (Lipinski definition) is 5. The quantitative estimate of drug-likeness (QED) is 0.414. The Morgan fingerprint density at radius 2 is 1.83 bits per heavy atom. The summed E-state index contributed by atoms with van der Waals surface area (Å²) in [5, 5.41) is 11.0. The molecule has 0 saturated carbocycles. The van der Waals surface area contributed by atoms with E-state index < -0.39 is 34.3 Å². The van der Waals surface area contributed by atoms with Gasteiger partial charge in [0.15, 0.2) is 0 Å². The van der Waals surface area contributed by atoms with Crippen LogP contribution < -0.4 is 4.74 Å². The second-order valence-electron chi connectivity index (χ2n) is 6.09. The highest BCUT2D eigenvalue weighted by Crippen LogP contribution is 2.28. The second kappa shape index (κ2) is 8.74. The topological polar surface area (TPSA) is 79.4 Å². The molecule has 0 aliphatic carbocycles. The first-order chi connectivity index (χ1) is 13.9. The molecule has 0 radical (unpaired) electrons. The molecule has 1 atom stereocenters. The van der Waals surface area contributed by atoms with E-state index in [0.29, 0.717) is 5.56 Å². The monoisotopic (exact) mass is 407 g/mol. The summed E-state index contributed by atoms with van der Waals surface area (Å²) in [4.78, 5) is 14.0. The fourth-order valence-corrected chi connectivity index (χ4v) is 2.73. The van der Waals surface area contributed by atoms with Gasteiger partial charge in [0.2, 0.25) is 0 Å². The highest BCUT2D eigenvalue weighted by atomic mass is 19.1. The van der Waals surface area contributed by atoms with Gasteiger partial charge in [-0.1, -0.05) is 18.2 Å². The third kappa shape index (κ3) is 4.91. The molecule has 0 bridgehead atoms. The summed E-state index contributed by atoms with van der Waals surface area (Å²) in [5.41, 5.74) is 0.675. The summed E-state index contributed by atoms with van der Waals surface area (Å²) >= 11 is 0. The molecule has 0 amide bonds. The minimum absolute atomic E-state index is 0.000862. The lowest BCUT2D eigenvalue weighted by Crippen LogP contribution is -2.15. The van der Waals surface area contributed by atoms with E-state index in [2.05, 4.69) is 4.98 Å². The van der Waals surface area contributed by atoms with Crippen LogP contribution in [-0.4, -0.2) is 21.6 Å². The molecular formula is C19H16F3N3O4. The molecule has 0 fully saturated rings. The number of methoxy groups -OCH3 is 1. The Morgan fingerprint density at radius 3 is 2.45 bits per heavy atom. The molecule has 1 heterocycles. The van der Waals surface area contributed by atoms with Crippen molar-refractivity contribution in [2.24, 2.45) is 0 Å². The van der Waals surface area contributed by atoms with Gasteiger partial charge in [-0.05, 0) is 28.7 Å². The molecule has 10 heteroatoms. The summed E-state index contributed by atoms with van der Waals surface area (Å²) in [7, 11) is 1.29. The van der Waals surface area contributed by atoms with Gasteiger partial charge in [0.1, 0.15) is 29.8 Å². The van der Waals surface area contributed by atoms with Crippen molar-refractivity contribution in [2.75, 3.05) is 7.11 Å². The lowest BCUT2D eigenvalue weighted by Gasteiger charge is -2.20. The molecule has 0 aliphatic heterocycles. The molecule has 0 aliphatic rings. The van der Waals surface area contributed by atoms with Gasteiger partial charge in [-0.2, -0.15) is 0 Å². The highest BCUT2D eigenvalue weighted by Gasteiger charge is 2.25. The fourth-order valence-electron chi connectivity index (χ4n) is 2.73. The van der Waals surface area contributed by atoms with E-state index in [1.54, 1.807) is 0 Å². The average Bonchev–Trinajstić information content (AvgIpc) is 3.10. The van der Waals surface area contributed by atoms with E-state index in [1.165, 1.54) is 42.0 Å². The van der Waals surface area contributed by atoms with Crippen LogP contribution in [0.4, 0.5) is 19.0 Å². The molecule has 1 unspecified atom stereocenters. The second-order valence-corrected chi connectivity index (χ2v) is 6.09. The Morgan fingerprint density at radius 1 is 1.14 bits per heavy atom. The molecule has 1 aromatic heterocycles. The minimum Gasteiger partial charge on any atom is -0.449 e. The fraction of sp³-hybridized carbons (Fsp3) is 0.211. The lowest BCUT2D eigenvalue weighted by molar-refractivity contribution is -0.389. The van der Waals surface area contributed by atoms with Crippen molar-refractivity contribution < 1.29 is 27.6 Å². The zero-order chi connectivity index (χ0) is 21.0. The van der Waals surface area contributed by atoms with Gasteiger partial charge < -0.3 is 19.6 Å². The maximum atomic E-state index is 14.4. The number of rotatable bonds is 8. The first-order valence-corrected chi connectivity index (χ1v) is 8.44. The third-order valence-corrected chi connectivity index (χ3v) is 4.13. The highest BCUT2D eigenvalue weighted by molar-refractivity contribution is 5.24. The molecule has 3 rings (SSSR count). The first-order valence-electron chi connectivity index (χ1n) is 8.44. The van der Waals surface area contributed by atoms with Crippen LogP contribution >= 0.6 is 0 Å². The zero-order valence-electron chi connectivity index (χ0n) is 15.2. The van der Waals surface area contributed by atoms with Crippen molar-refractivity contribution >= 4 is 5.82 Å². The number of imidazole rings is 1. The molecule has 3 aromatic rings. The van der Waals surface area contributed by atoms with Crippen molar-refractivity contribution in [1.82, 2.24) is 9.55 Å². The van der Waals surface area contributed by atoms with E-state index in [-0.39, 0.29) is 24.7 Å². The number of ether oxygens (including phenoxy) is 2. The zero-order valence-corrected chi connectivity index (χ0v) is 15.2. The SMILES string of the molecule is COc1nc([N+](=O)[O-])cn1CC(OCc1ccc(F)cc1)c1ccc(F)cc1F. The van der Waals surface area contributed by atoms with Gasteiger partial charge in [0.25, 0.3) is 0 Å². The van der Waals surface area contributed by atoms with Crippen LogP contribution in [0.1, 0.15) is 17.2 Å². The molecule has 0 N–H and O–H groups in total. The third-order valence-electron chi connectivity index (χ3n) is 4.13. The summed E-state index contributed by atoms with van der Waals surface area (Å²) in [6, 6.07) is 8.51. The van der Waals surface area contributed by atoms with Gasteiger partial charge >= 0.3 is 11.8 Å². The standard InChI is InChI=1S/C19H16F3N3O4/c1-28-19-23-18(25(26)27)10-24(19)9-17(15-7-6-14(21)8-16(15)22)29-11-12-2-4-13(20)5-3-12/h2-8,10,17H,9,11H2,1H3. The van der Waals surface area contributed by atoms with E-state index in [0.717, 1.165) is 18.3 Å². The maximum absolute atomic E-state index is 14.4. The Hall–Kier alpha value is -3.40. The van der Waals surface area contributed by atoms with Crippen LogP contribution in [0.5, 0.6) is 6.01 Å². The molecule has 7 nitrogen and oxygen atoms in total. The van der Waals surface area contributed by atoms with Crippen LogP contribution in [0.2, 0.25) is 0 Å². The number of hydrogen-bond donors (Lipinski definition) is 0. The summed E-state index contributed by atoms with van der Waals surface area (Å²) in [5.74, 6) is -2.44. The Labute approximate surface area is 163 Å². The molecule has 29 heavy (non-hydrogen) atoms. The molecular weight excluding hydrogens is 391 g/mol. The normalized spacial score (nSPS) is 12.0. The van der Waals surface area contributed by atoms with Crippen LogP contribution in [-0.2, 0) is 17.9 Å². The van der Waals surface area contributed by atoms with Crippen molar-refractivity contribution in [3.05, 3.63) is 87.4 Å². The predicted molar refractivity (Wildman–Crippen MR) is 95.7 cm³/mol. The Balaban J connectivity index is 1.90. The Kier molecular flexibility index (Phi) is 6.13. The maximum Gasteiger partial charge on any atom is 0.414 e. The smallest absolute Gasteiger partial charge is 0.414 e. The largest absolute Gasteiger partial charge is 0.449 e. The van der Waals surface area contributed by atoms with E-state index >= 15 is 0 Å². The molecule has 0 saturated heterocycles. The summed E-state index contributed by atoms with van der Waals surface area (Å²) < 4.78 is 52.9.